The predicted octanol–water partition coefficient (Wildman–Crippen LogP) is 1.25. The smallest absolute Gasteiger partial charge is 0.308 e. The molecule has 1 aromatic heterocycles. The third kappa shape index (κ3) is 3.72. The van der Waals surface area contributed by atoms with Crippen LogP contribution in [0.15, 0.2) is 0 Å². The van der Waals surface area contributed by atoms with Gasteiger partial charge in [0.2, 0.25) is 5.91 Å². The molecule has 1 N–H and O–H groups in total. The van der Waals surface area contributed by atoms with E-state index >= 15 is 0 Å². The minimum atomic E-state index is -0.243. The molecular weight excluding hydrogens is 296 g/mol. The number of likely N-dealkylation sites (tertiary alicyclic amines) is 1. The van der Waals surface area contributed by atoms with Gasteiger partial charge in [-0.15, -0.1) is 0 Å². The van der Waals surface area contributed by atoms with Gasteiger partial charge in [0.25, 0.3) is 0 Å². The summed E-state index contributed by atoms with van der Waals surface area (Å²) in [7, 11) is 3.28. The fraction of sp³-hybridized carbons (Fsp3) is 0.688. The van der Waals surface area contributed by atoms with E-state index in [1.54, 1.807) is 4.68 Å². The first-order chi connectivity index (χ1) is 10.8. The van der Waals surface area contributed by atoms with Crippen LogP contribution in [0.3, 0.4) is 0 Å². The SMILES string of the molecule is COC(=O)C1CCN([C@@H](C)C(=O)Nc2c(C)nn(C)c2C)CC1. The van der Waals surface area contributed by atoms with Crippen LogP contribution in [0.2, 0.25) is 0 Å². The number of methoxy groups -OCH3 is 1. The predicted molar refractivity (Wildman–Crippen MR) is 87.1 cm³/mol. The van der Waals surface area contributed by atoms with E-state index in [2.05, 4.69) is 15.3 Å². The van der Waals surface area contributed by atoms with E-state index in [0.717, 1.165) is 43.0 Å². The summed E-state index contributed by atoms with van der Waals surface area (Å²) in [4.78, 5) is 26.2. The maximum atomic E-state index is 12.5. The van der Waals surface area contributed by atoms with Crippen LogP contribution in [0.4, 0.5) is 5.69 Å². The average molecular weight is 322 g/mol. The second-order valence-corrected chi connectivity index (χ2v) is 6.17. The summed E-state index contributed by atoms with van der Waals surface area (Å²) in [6.07, 6.45) is 1.46. The Balaban J connectivity index is 1.94. The van der Waals surface area contributed by atoms with Crippen molar-refractivity contribution in [3.63, 3.8) is 0 Å². The number of aromatic nitrogens is 2. The number of hydrogen-bond donors (Lipinski definition) is 1. The molecule has 128 valence electrons. The minimum absolute atomic E-state index is 0.0410. The second kappa shape index (κ2) is 7.12. The van der Waals surface area contributed by atoms with E-state index < -0.39 is 0 Å². The summed E-state index contributed by atoms with van der Waals surface area (Å²) in [6, 6.07) is -0.243. The van der Waals surface area contributed by atoms with Crippen LogP contribution in [0.25, 0.3) is 0 Å². The summed E-state index contributed by atoms with van der Waals surface area (Å²) < 4.78 is 6.56. The van der Waals surface area contributed by atoms with Crippen LogP contribution in [0.1, 0.15) is 31.2 Å². The largest absolute Gasteiger partial charge is 0.469 e. The lowest BCUT2D eigenvalue weighted by atomic mass is 9.96. The number of ether oxygens (including phenoxy) is 1. The molecule has 0 spiro atoms. The first-order valence-electron chi connectivity index (χ1n) is 7.98. The molecule has 7 heteroatoms. The third-order valence-electron chi connectivity index (χ3n) is 4.75. The number of amides is 1. The van der Waals surface area contributed by atoms with Crippen molar-refractivity contribution in [2.75, 3.05) is 25.5 Å². The van der Waals surface area contributed by atoms with Crippen molar-refractivity contribution >= 4 is 17.6 Å². The molecule has 23 heavy (non-hydrogen) atoms. The van der Waals surface area contributed by atoms with Crippen molar-refractivity contribution in [3.05, 3.63) is 11.4 Å². The Morgan fingerprint density at radius 2 is 1.91 bits per heavy atom. The highest BCUT2D eigenvalue weighted by Gasteiger charge is 2.30. The summed E-state index contributed by atoms with van der Waals surface area (Å²) in [6.45, 7) is 7.16. The van der Waals surface area contributed by atoms with Crippen molar-refractivity contribution in [1.29, 1.82) is 0 Å². The topological polar surface area (TPSA) is 76.5 Å². The number of esters is 1. The number of carbonyl (C=O) groups is 2. The maximum absolute atomic E-state index is 12.5. The van der Waals surface area contributed by atoms with Crippen molar-refractivity contribution in [2.45, 2.75) is 39.7 Å². The highest BCUT2D eigenvalue weighted by Crippen LogP contribution is 2.22. The lowest BCUT2D eigenvalue weighted by Gasteiger charge is -2.34. The molecule has 1 fully saturated rings. The summed E-state index contributed by atoms with van der Waals surface area (Å²) >= 11 is 0. The van der Waals surface area contributed by atoms with Gasteiger partial charge in [-0.25, -0.2) is 0 Å². The van der Waals surface area contributed by atoms with Crippen molar-refractivity contribution < 1.29 is 14.3 Å². The molecule has 2 heterocycles. The van der Waals surface area contributed by atoms with Gasteiger partial charge in [-0.05, 0) is 46.7 Å². The third-order valence-corrected chi connectivity index (χ3v) is 4.75. The Morgan fingerprint density at radius 3 is 2.39 bits per heavy atom. The molecule has 0 bridgehead atoms. The zero-order valence-electron chi connectivity index (χ0n) is 14.5. The van der Waals surface area contributed by atoms with E-state index in [-0.39, 0.29) is 23.8 Å². The highest BCUT2D eigenvalue weighted by atomic mass is 16.5. The van der Waals surface area contributed by atoms with Gasteiger partial charge in [0.05, 0.1) is 36.1 Å². The number of rotatable bonds is 4. The van der Waals surface area contributed by atoms with E-state index in [1.165, 1.54) is 7.11 Å². The zero-order valence-corrected chi connectivity index (χ0v) is 14.5. The Labute approximate surface area is 137 Å². The second-order valence-electron chi connectivity index (χ2n) is 6.17. The number of nitrogens with one attached hydrogen (secondary N) is 1. The molecule has 0 saturated carbocycles. The number of carbonyl (C=O) groups excluding carboxylic acids is 2. The molecule has 7 nitrogen and oxygen atoms in total. The van der Waals surface area contributed by atoms with Crippen LogP contribution >= 0.6 is 0 Å². The van der Waals surface area contributed by atoms with Crippen LogP contribution in [-0.2, 0) is 21.4 Å². The average Bonchev–Trinajstić information content (AvgIpc) is 2.79. The molecular formula is C16H26N4O3. The molecule has 0 aromatic carbocycles. The number of nitrogens with zero attached hydrogens (tertiary/aromatic N) is 3. The first-order valence-corrected chi connectivity index (χ1v) is 7.98. The van der Waals surface area contributed by atoms with E-state index in [9.17, 15) is 9.59 Å². The van der Waals surface area contributed by atoms with Crippen molar-refractivity contribution in [3.8, 4) is 0 Å². The molecule has 1 aromatic rings. The fourth-order valence-corrected chi connectivity index (χ4v) is 3.04. The van der Waals surface area contributed by atoms with Crippen LogP contribution < -0.4 is 5.32 Å². The monoisotopic (exact) mass is 322 g/mol. The Hall–Kier alpha value is -1.89. The lowest BCUT2D eigenvalue weighted by molar-refractivity contribution is -0.147. The maximum Gasteiger partial charge on any atom is 0.308 e. The molecule has 0 radical (unpaired) electrons. The highest BCUT2D eigenvalue weighted by molar-refractivity contribution is 5.95. The molecule has 1 amide bonds. The molecule has 0 unspecified atom stereocenters. The standard InChI is InChI=1S/C16H26N4O3/c1-10-14(11(2)19(4)18-10)17-15(21)12(3)20-8-6-13(7-9-20)16(22)23-5/h12-13H,6-9H2,1-5H3,(H,17,21)/t12-/m0/s1. The number of piperidine rings is 1. The van der Waals surface area contributed by atoms with Crippen molar-refractivity contribution in [2.24, 2.45) is 13.0 Å². The Kier molecular flexibility index (Phi) is 5.41. The van der Waals surface area contributed by atoms with E-state index in [1.807, 2.05) is 27.8 Å². The molecule has 1 aliphatic rings. The van der Waals surface area contributed by atoms with Crippen LogP contribution in [-0.4, -0.2) is 52.8 Å². The minimum Gasteiger partial charge on any atom is -0.469 e. The normalized spacial score (nSPS) is 17.8. The molecule has 1 saturated heterocycles. The summed E-state index contributed by atoms with van der Waals surface area (Å²) in [5, 5.41) is 7.30. The van der Waals surface area contributed by atoms with Gasteiger partial charge in [-0.3, -0.25) is 19.2 Å². The first kappa shape index (κ1) is 17.5. The summed E-state index contributed by atoms with van der Waals surface area (Å²) in [5.74, 6) is -0.238. The number of aryl methyl sites for hydroxylation is 2. The zero-order chi connectivity index (χ0) is 17.1. The van der Waals surface area contributed by atoms with Gasteiger partial charge in [0.15, 0.2) is 0 Å². The van der Waals surface area contributed by atoms with Crippen LogP contribution in [0.5, 0.6) is 0 Å². The molecule has 2 rings (SSSR count). The van der Waals surface area contributed by atoms with Gasteiger partial charge in [-0.1, -0.05) is 0 Å². The Morgan fingerprint density at radius 1 is 1.30 bits per heavy atom. The lowest BCUT2D eigenvalue weighted by Crippen LogP contribution is -2.47. The van der Waals surface area contributed by atoms with E-state index in [4.69, 9.17) is 4.74 Å². The summed E-state index contributed by atoms with van der Waals surface area (Å²) in [5.41, 5.74) is 2.54. The van der Waals surface area contributed by atoms with Gasteiger partial charge in [0.1, 0.15) is 0 Å². The van der Waals surface area contributed by atoms with Crippen LogP contribution in [0, 0.1) is 19.8 Å². The van der Waals surface area contributed by atoms with Gasteiger partial charge in [-0.2, -0.15) is 5.10 Å². The van der Waals surface area contributed by atoms with E-state index in [0.29, 0.717) is 0 Å². The quantitative estimate of drug-likeness (QED) is 0.844. The number of hydrogen-bond acceptors (Lipinski definition) is 5. The number of anilines is 1. The Bertz CT molecular complexity index is 588. The molecule has 0 aliphatic carbocycles. The fourth-order valence-electron chi connectivity index (χ4n) is 3.04. The van der Waals surface area contributed by atoms with Crippen molar-refractivity contribution in [1.82, 2.24) is 14.7 Å². The molecule has 1 atom stereocenters. The van der Waals surface area contributed by atoms with Gasteiger partial charge in [0, 0.05) is 7.05 Å². The van der Waals surface area contributed by atoms with Gasteiger partial charge >= 0.3 is 5.97 Å². The molecule has 1 aliphatic heterocycles. The van der Waals surface area contributed by atoms with Gasteiger partial charge < -0.3 is 10.1 Å².